The second-order valence-corrected chi connectivity index (χ2v) is 10.5. The van der Waals surface area contributed by atoms with Crippen LogP contribution in [0.5, 0.6) is 0 Å². The van der Waals surface area contributed by atoms with Gasteiger partial charge in [0, 0.05) is 12.5 Å². The molecule has 31 heavy (non-hydrogen) atoms. The van der Waals surface area contributed by atoms with E-state index >= 15 is 0 Å². The lowest BCUT2D eigenvalue weighted by Gasteiger charge is -2.31. The number of carbonyl (C=O) groups is 1. The number of nitrogens with zero attached hydrogens (tertiary/aromatic N) is 2. The van der Waals surface area contributed by atoms with Crippen molar-refractivity contribution in [2.75, 3.05) is 0 Å². The van der Waals surface area contributed by atoms with E-state index in [9.17, 15) is 4.79 Å². The minimum absolute atomic E-state index is 0.103. The van der Waals surface area contributed by atoms with Crippen molar-refractivity contribution in [3.05, 3.63) is 90.5 Å². The molecule has 0 spiro atoms. The first-order chi connectivity index (χ1) is 15.2. The number of carbonyl (C=O) groups excluding carboxylic acids is 1. The van der Waals surface area contributed by atoms with Gasteiger partial charge in [-0.25, -0.2) is 0 Å². The summed E-state index contributed by atoms with van der Waals surface area (Å²) in [4.78, 5) is 19.9. The van der Waals surface area contributed by atoms with E-state index in [1.165, 1.54) is 28.8 Å². The lowest BCUT2D eigenvalue weighted by Crippen LogP contribution is -2.45. The van der Waals surface area contributed by atoms with E-state index in [2.05, 4.69) is 84.9 Å². The van der Waals surface area contributed by atoms with Crippen LogP contribution in [0, 0.1) is 0 Å². The number of benzene rings is 3. The van der Waals surface area contributed by atoms with E-state index in [0.29, 0.717) is 0 Å². The first-order valence-corrected chi connectivity index (χ1v) is 12.5. The molecule has 0 N–H and O–H groups in total. The van der Waals surface area contributed by atoms with Crippen molar-refractivity contribution in [1.82, 2.24) is 4.90 Å². The zero-order valence-corrected chi connectivity index (χ0v) is 18.7. The van der Waals surface area contributed by atoms with Crippen molar-refractivity contribution in [3.63, 3.8) is 0 Å². The summed E-state index contributed by atoms with van der Waals surface area (Å²) in [6, 6.07) is 30.5. The van der Waals surface area contributed by atoms with Crippen LogP contribution in [0.15, 0.2) is 89.9 Å². The molecular weight excluding hydrogens is 399 g/mol. The van der Waals surface area contributed by atoms with Crippen LogP contribution in [-0.4, -0.2) is 28.7 Å². The van der Waals surface area contributed by atoms with Crippen LogP contribution in [0.3, 0.4) is 0 Å². The predicted molar refractivity (Wildman–Crippen MR) is 130 cm³/mol. The fourth-order valence-electron chi connectivity index (χ4n) is 4.94. The maximum atomic E-state index is 12.8. The summed E-state index contributed by atoms with van der Waals surface area (Å²) in [5.74, 6) is 0.978. The number of amides is 1. The molecule has 1 amide bonds. The molecule has 1 saturated carbocycles. The van der Waals surface area contributed by atoms with Gasteiger partial charge in [0.1, 0.15) is 5.84 Å². The van der Waals surface area contributed by atoms with Crippen molar-refractivity contribution in [3.8, 4) is 0 Å². The summed E-state index contributed by atoms with van der Waals surface area (Å²) >= 11 is 0. The highest BCUT2D eigenvalue weighted by atomic mass is 31.1. The number of hydrogen-bond donors (Lipinski definition) is 0. The van der Waals surface area contributed by atoms with E-state index in [-0.39, 0.29) is 18.0 Å². The van der Waals surface area contributed by atoms with Crippen LogP contribution >= 0.6 is 7.92 Å². The first-order valence-electron chi connectivity index (χ1n) is 11.1. The molecule has 0 aromatic heterocycles. The molecule has 5 rings (SSSR count). The minimum Gasteiger partial charge on any atom is -0.292 e. The molecule has 0 saturated heterocycles. The third-order valence-corrected chi connectivity index (χ3v) is 8.80. The second-order valence-electron chi connectivity index (χ2n) is 8.28. The quantitative estimate of drug-likeness (QED) is 0.571. The predicted octanol–water partition coefficient (Wildman–Crippen LogP) is 4.36. The van der Waals surface area contributed by atoms with Gasteiger partial charge in [0.25, 0.3) is 0 Å². The summed E-state index contributed by atoms with van der Waals surface area (Å²) in [7, 11) is -0.761. The molecule has 3 nitrogen and oxygen atoms in total. The van der Waals surface area contributed by atoms with Gasteiger partial charge >= 0.3 is 0 Å². The zero-order chi connectivity index (χ0) is 21.2. The van der Waals surface area contributed by atoms with Gasteiger partial charge in [-0.15, -0.1) is 0 Å². The molecular formula is C27H27N2OP. The number of hydrogen-bond acceptors (Lipinski definition) is 2. The molecule has 1 heterocycles. The van der Waals surface area contributed by atoms with E-state index in [4.69, 9.17) is 4.99 Å². The number of fused-ring (bicyclic) bond motifs is 1. The van der Waals surface area contributed by atoms with Crippen LogP contribution in [-0.2, 0) is 4.79 Å². The van der Waals surface area contributed by atoms with Gasteiger partial charge in [-0.2, -0.15) is 0 Å². The molecule has 0 radical (unpaired) electrons. The molecule has 4 heteroatoms. The number of aliphatic imine (C=N–C) groups is 1. The summed E-state index contributed by atoms with van der Waals surface area (Å²) in [5, 5.41) is 3.88. The van der Waals surface area contributed by atoms with Gasteiger partial charge in [-0.05, 0) is 36.7 Å². The lowest BCUT2D eigenvalue weighted by atomic mass is 9.91. The highest BCUT2D eigenvalue weighted by Gasteiger charge is 2.41. The fraction of sp³-hybridized carbons (Fsp3) is 0.259. The lowest BCUT2D eigenvalue weighted by molar-refractivity contribution is -0.126. The Balaban J connectivity index is 1.67. The molecule has 1 fully saturated rings. The van der Waals surface area contributed by atoms with Crippen molar-refractivity contribution < 1.29 is 4.79 Å². The monoisotopic (exact) mass is 426 g/mol. The Kier molecular flexibility index (Phi) is 5.70. The summed E-state index contributed by atoms with van der Waals surface area (Å²) in [5.41, 5.74) is 1.10. The van der Waals surface area contributed by atoms with Crippen LogP contribution in [0.4, 0.5) is 0 Å². The van der Waals surface area contributed by atoms with Crippen LogP contribution in [0.25, 0.3) is 0 Å². The Morgan fingerprint density at radius 1 is 0.839 bits per heavy atom. The van der Waals surface area contributed by atoms with E-state index in [0.717, 1.165) is 24.2 Å². The average Bonchev–Trinajstić information content (AvgIpc) is 3.21. The molecule has 156 valence electrons. The highest BCUT2D eigenvalue weighted by Crippen LogP contribution is 2.37. The minimum atomic E-state index is -0.761. The summed E-state index contributed by atoms with van der Waals surface area (Å²) in [6.07, 6.45) is 4.50. The van der Waals surface area contributed by atoms with Crippen LogP contribution in [0.2, 0.25) is 0 Å². The molecule has 3 aromatic rings. The Morgan fingerprint density at radius 3 is 2.06 bits per heavy atom. The zero-order valence-electron chi connectivity index (χ0n) is 17.8. The Hall–Kier alpha value is -2.77. The average molecular weight is 427 g/mol. The Labute approximate surface area is 185 Å². The summed E-state index contributed by atoms with van der Waals surface area (Å²) in [6.45, 7) is 1.69. The number of rotatable bonds is 4. The largest absolute Gasteiger partial charge is 0.292 e. The van der Waals surface area contributed by atoms with E-state index in [1.54, 1.807) is 6.92 Å². The third kappa shape index (κ3) is 3.83. The smallest absolute Gasteiger partial charge is 0.225 e. The van der Waals surface area contributed by atoms with Crippen molar-refractivity contribution in [1.29, 1.82) is 0 Å². The number of amidine groups is 1. The van der Waals surface area contributed by atoms with Gasteiger partial charge in [-0.1, -0.05) is 97.8 Å². The third-order valence-electron chi connectivity index (χ3n) is 6.30. The normalized spacial score (nSPS) is 20.5. The maximum absolute atomic E-state index is 12.8. The maximum Gasteiger partial charge on any atom is 0.225 e. The van der Waals surface area contributed by atoms with E-state index < -0.39 is 7.92 Å². The molecule has 1 aliphatic carbocycles. The Morgan fingerprint density at radius 2 is 1.42 bits per heavy atom. The van der Waals surface area contributed by atoms with Gasteiger partial charge in [0.05, 0.1) is 12.1 Å². The first kappa shape index (κ1) is 20.2. The topological polar surface area (TPSA) is 32.7 Å². The van der Waals surface area contributed by atoms with Crippen molar-refractivity contribution in [2.45, 2.75) is 44.7 Å². The molecule has 3 aromatic carbocycles. The van der Waals surface area contributed by atoms with Crippen molar-refractivity contribution in [2.24, 2.45) is 4.99 Å². The molecule has 2 atom stereocenters. The SMILES string of the molecule is CC(=O)N1C(c2ccccc2P(c2ccccc2)c2ccccc2)=NC2CCCCC21. The molecule has 1 aliphatic heterocycles. The molecule has 2 unspecified atom stereocenters. The van der Waals surface area contributed by atoms with Gasteiger partial charge in [0.15, 0.2) is 0 Å². The molecule has 0 bridgehead atoms. The van der Waals surface area contributed by atoms with Crippen LogP contribution in [0.1, 0.15) is 38.2 Å². The van der Waals surface area contributed by atoms with Gasteiger partial charge < -0.3 is 0 Å². The highest BCUT2D eigenvalue weighted by molar-refractivity contribution is 7.80. The molecule has 2 aliphatic rings. The van der Waals surface area contributed by atoms with E-state index in [1.807, 2.05) is 4.90 Å². The fourth-order valence-corrected chi connectivity index (χ4v) is 7.39. The second kappa shape index (κ2) is 8.77. The van der Waals surface area contributed by atoms with Crippen molar-refractivity contribution >= 4 is 35.6 Å². The summed E-state index contributed by atoms with van der Waals surface area (Å²) < 4.78 is 0. The standard InChI is InChI=1S/C27H27N2OP/c1-20(30)29-25-18-10-9-17-24(25)28-27(29)23-16-8-11-19-26(23)31(21-12-4-2-5-13-21)22-14-6-3-7-15-22/h2-8,11-16,19,24-25H,9-10,17-18H2,1H3. The van der Waals surface area contributed by atoms with Crippen LogP contribution < -0.4 is 15.9 Å². The Bertz CT molecular complexity index is 1060. The van der Waals surface area contributed by atoms with Gasteiger partial charge in [0.2, 0.25) is 5.91 Å². The van der Waals surface area contributed by atoms with Gasteiger partial charge in [-0.3, -0.25) is 14.7 Å².